The first-order valence-electron chi connectivity index (χ1n) is 11.7. The Morgan fingerprint density at radius 3 is 2.32 bits per heavy atom. The van der Waals surface area contributed by atoms with Crippen molar-refractivity contribution in [1.82, 2.24) is 14.9 Å². The average Bonchev–Trinajstić information content (AvgIpc) is 2.83. The SMILES string of the molecule is COc1ccc(Cc2c(C)nc(C)nc2N2CCN(C(=O)Nc3ccc(C)cc3C)CC2)cc1. The van der Waals surface area contributed by atoms with Gasteiger partial charge in [0.05, 0.1) is 7.11 Å². The summed E-state index contributed by atoms with van der Waals surface area (Å²) in [4.78, 5) is 26.5. The van der Waals surface area contributed by atoms with Gasteiger partial charge >= 0.3 is 6.03 Å². The Morgan fingerprint density at radius 1 is 0.971 bits per heavy atom. The Bertz CT molecular complexity index is 1170. The van der Waals surface area contributed by atoms with E-state index in [9.17, 15) is 4.79 Å². The van der Waals surface area contributed by atoms with E-state index in [-0.39, 0.29) is 6.03 Å². The molecule has 1 aliphatic heterocycles. The molecule has 1 aliphatic rings. The van der Waals surface area contributed by atoms with Crippen molar-refractivity contribution in [2.45, 2.75) is 34.1 Å². The third-order valence-electron chi connectivity index (χ3n) is 6.33. The van der Waals surface area contributed by atoms with Crippen LogP contribution in [-0.4, -0.2) is 54.2 Å². The molecular formula is C27H33N5O2. The molecule has 0 saturated carbocycles. The van der Waals surface area contributed by atoms with Crippen LogP contribution in [0.1, 0.15) is 33.8 Å². The number of nitrogens with zero attached hydrogens (tertiary/aromatic N) is 4. The third-order valence-corrected chi connectivity index (χ3v) is 6.33. The van der Waals surface area contributed by atoms with Crippen LogP contribution >= 0.6 is 0 Å². The molecule has 0 atom stereocenters. The van der Waals surface area contributed by atoms with Crippen molar-refractivity contribution in [3.05, 3.63) is 76.2 Å². The van der Waals surface area contributed by atoms with Crippen molar-refractivity contribution in [2.75, 3.05) is 43.5 Å². The van der Waals surface area contributed by atoms with Crippen molar-refractivity contribution in [1.29, 1.82) is 0 Å². The number of benzene rings is 2. The zero-order valence-electron chi connectivity index (χ0n) is 20.7. The Balaban J connectivity index is 1.46. The molecule has 1 saturated heterocycles. The lowest BCUT2D eigenvalue weighted by Gasteiger charge is -2.36. The highest BCUT2D eigenvalue weighted by molar-refractivity contribution is 5.90. The molecule has 0 radical (unpaired) electrons. The summed E-state index contributed by atoms with van der Waals surface area (Å²) >= 11 is 0. The van der Waals surface area contributed by atoms with Crippen LogP contribution in [0.25, 0.3) is 0 Å². The molecule has 1 N–H and O–H groups in total. The van der Waals surface area contributed by atoms with Crippen LogP contribution < -0.4 is 15.0 Å². The van der Waals surface area contributed by atoms with Crippen LogP contribution in [0, 0.1) is 27.7 Å². The molecule has 0 spiro atoms. The molecule has 2 amide bonds. The fourth-order valence-corrected chi connectivity index (χ4v) is 4.40. The number of aromatic nitrogens is 2. The predicted octanol–water partition coefficient (Wildman–Crippen LogP) is 4.66. The average molecular weight is 460 g/mol. The number of anilines is 2. The van der Waals surface area contributed by atoms with E-state index in [1.807, 2.05) is 49.9 Å². The van der Waals surface area contributed by atoms with E-state index in [1.165, 1.54) is 11.1 Å². The zero-order chi connectivity index (χ0) is 24.2. The monoisotopic (exact) mass is 459 g/mol. The highest BCUT2D eigenvalue weighted by Gasteiger charge is 2.25. The molecule has 0 unspecified atom stereocenters. The normalized spacial score (nSPS) is 13.7. The van der Waals surface area contributed by atoms with Gasteiger partial charge < -0.3 is 19.9 Å². The number of hydrogen-bond acceptors (Lipinski definition) is 5. The van der Waals surface area contributed by atoms with E-state index in [2.05, 4.69) is 40.3 Å². The summed E-state index contributed by atoms with van der Waals surface area (Å²) in [5.74, 6) is 2.58. The lowest BCUT2D eigenvalue weighted by atomic mass is 10.0. The fraction of sp³-hybridized carbons (Fsp3) is 0.370. The van der Waals surface area contributed by atoms with Gasteiger partial charge in [0, 0.05) is 49.5 Å². The van der Waals surface area contributed by atoms with Crippen molar-refractivity contribution < 1.29 is 9.53 Å². The topological polar surface area (TPSA) is 70.6 Å². The molecule has 3 aromatic rings. The minimum absolute atomic E-state index is 0.0555. The summed E-state index contributed by atoms with van der Waals surface area (Å²) in [6.07, 6.45) is 0.749. The first-order valence-corrected chi connectivity index (χ1v) is 11.7. The Hall–Kier alpha value is -3.61. The number of hydrogen-bond donors (Lipinski definition) is 1. The Morgan fingerprint density at radius 2 is 1.68 bits per heavy atom. The van der Waals surface area contributed by atoms with Gasteiger partial charge in [-0.1, -0.05) is 29.8 Å². The van der Waals surface area contributed by atoms with Gasteiger partial charge in [-0.15, -0.1) is 0 Å². The van der Waals surface area contributed by atoms with Crippen LogP contribution in [0.4, 0.5) is 16.3 Å². The summed E-state index contributed by atoms with van der Waals surface area (Å²) in [6, 6.07) is 14.1. The first kappa shape index (κ1) is 23.5. The van der Waals surface area contributed by atoms with Gasteiger partial charge in [-0.05, 0) is 57.0 Å². The minimum atomic E-state index is -0.0555. The van der Waals surface area contributed by atoms with Gasteiger partial charge in [0.2, 0.25) is 0 Å². The molecule has 4 rings (SSSR count). The van der Waals surface area contributed by atoms with Crippen LogP contribution in [0.5, 0.6) is 5.75 Å². The molecule has 178 valence electrons. The van der Waals surface area contributed by atoms with Crippen molar-refractivity contribution in [3.8, 4) is 5.75 Å². The van der Waals surface area contributed by atoms with E-state index in [0.29, 0.717) is 13.1 Å². The van der Waals surface area contributed by atoms with Crippen LogP contribution in [0.3, 0.4) is 0 Å². The molecule has 2 aromatic carbocycles. The summed E-state index contributed by atoms with van der Waals surface area (Å²) in [5, 5.41) is 3.07. The second-order valence-electron chi connectivity index (χ2n) is 8.91. The number of rotatable bonds is 5. The van der Waals surface area contributed by atoms with Gasteiger partial charge in [0.1, 0.15) is 17.4 Å². The van der Waals surface area contributed by atoms with E-state index in [4.69, 9.17) is 9.72 Å². The van der Waals surface area contributed by atoms with Crippen molar-refractivity contribution in [3.63, 3.8) is 0 Å². The number of carbonyl (C=O) groups is 1. The highest BCUT2D eigenvalue weighted by atomic mass is 16.5. The molecule has 1 fully saturated rings. The molecule has 34 heavy (non-hydrogen) atoms. The number of nitrogens with one attached hydrogen (secondary N) is 1. The third kappa shape index (κ3) is 5.30. The molecule has 0 bridgehead atoms. The number of ether oxygens (including phenoxy) is 1. The van der Waals surface area contributed by atoms with Gasteiger partial charge in [0.25, 0.3) is 0 Å². The zero-order valence-corrected chi connectivity index (χ0v) is 20.7. The number of urea groups is 1. The molecule has 1 aromatic heterocycles. The summed E-state index contributed by atoms with van der Waals surface area (Å²) in [5.41, 5.74) is 6.43. The number of methoxy groups -OCH3 is 1. The quantitative estimate of drug-likeness (QED) is 0.601. The molecule has 2 heterocycles. The van der Waals surface area contributed by atoms with Crippen LogP contribution in [0.15, 0.2) is 42.5 Å². The van der Waals surface area contributed by atoms with Crippen molar-refractivity contribution >= 4 is 17.5 Å². The predicted molar refractivity (Wildman–Crippen MR) is 136 cm³/mol. The second-order valence-corrected chi connectivity index (χ2v) is 8.91. The second kappa shape index (κ2) is 10.1. The standard InChI is InChI=1S/C27H33N5O2/c1-18-6-11-25(19(2)16-18)30-27(33)32-14-12-31(13-15-32)26-24(20(3)28-21(4)29-26)17-22-7-9-23(34-5)10-8-22/h6-11,16H,12-15,17H2,1-5H3,(H,30,33). The number of piperazine rings is 1. The molecule has 0 aliphatic carbocycles. The van der Waals surface area contributed by atoms with Crippen LogP contribution in [-0.2, 0) is 6.42 Å². The smallest absolute Gasteiger partial charge is 0.321 e. The summed E-state index contributed by atoms with van der Waals surface area (Å²) in [7, 11) is 1.67. The largest absolute Gasteiger partial charge is 0.497 e. The van der Waals surface area contributed by atoms with Gasteiger partial charge in [0.15, 0.2) is 0 Å². The van der Waals surface area contributed by atoms with E-state index in [1.54, 1.807) is 7.11 Å². The van der Waals surface area contributed by atoms with Crippen LogP contribution in [0.2, 0.25) is 0 Å². The van der Waals surface area contributed by atoms with E-state index >= 15 is 0 Å². The lowest BCUT2D eigenvalue weighted by molar-refractivity contribution is 0.208. The molecule has 7 heteroatoms. The highest BCUT2D eigenvalue weighted by Crippen LogP contribution is 2.26. The van der Waals surface area contributed by atoms with E-state index < -0.39 is 0 Å². The van der Waals surface area contributed by atoms with E-state index in [0.717, 1.165) is 59.4 Å². The Labute approximate surface area is 201 Å². The van der Waals surface area contributed by atoms with Gasteiger partial charge in [-0.25, -0.2) is 14.8 Å². The number of aryl methyl sites for hydroxylation is 4. The number of carbonyl (C=O) groups excluding carboxylic acids is 1. The maximum atomic E-state index is 12.9. The maximum absolute atomic E-state index is 12.9. The summed E-state index contributed by atoms with van der Waals surface area (Å²) < 4.78 is 5.29. The summed E-state index contributed by atoms with van der Waals surface area (Å²) in [6.45, 7) is 10.8. The maximum Gasteiger partial charge on any atom is 0.321 e. The Kier molecular flexibility index (Phi) is 7.01. The molecule has 7 nitrogen and oxygen atoms in total. The number of amides is 2. The fourth-order valence-electron chi connectivity index (χ4n) is 4.40. The molecular weight excluding hydrogens is 426 g/mol. The lowest BCUT2D eigenvalue weighted by Crippen LogP contribution is -2.50. The van der Waals surface area contributed by atoms with Gasteiger partial charge in [-0.3, -0.25) is 0 Å². The first-order chi connectivity index (χ1) is 16.3. The minimum Gasteiger partial charge on any atom is -0.497 e. The van der Waals surface area contributed by atoms with Crippen molar-refractivity contribution in [2.24, 2.45) is 0 Å². The van der Waals surface area contributed by atoms with Gasteiger partial charge in [-0.2, -0.15) is 0 Å².